The van der Waals surface area contributed by atoms with Gasteiger partial charge in [-0.1, -0.05) is 30.7 Å². The molecule has 0 radical (unpaired) electrons. The number of hydrogen-bond acceptors (Lipinski definition) is 3. The van der Waals surface area contributed by atoms with E-state index in [1.165, 1.54) is 0 Å². The van der Waals surface area contributed by atoms with Gasteiger partial charge in [-0.3, -0.25) is 9.59 Å². The number of halogens is 1. The maximum atomic E-state index is 12.7. The van der Waals surface area contributed by atoms with Gasteiger partial charge in [0.25, 0.3) is 5.91 Å². The van der Waals surface area contributed by atoms with E-state index in [1.54, 1.807) is 43.5 Å². The van der Waals surface area contributed by atoms with Crippen molar-refractivity contribution in [2.45, 2.75) is 19.8 Å². The van der Waals surface area contributed by atoms with Gasteiger partial charge >= 0.3 is 0 Å². The quantitative estimate of drug-likeness (QED) is 0.721. The molecule has 1 N–H and O–H groups in total. The molecule has 0 saturated carbocycles. The molecule has 0 atom stereocenters. The lowest BCUT2D eigenvalue weighted by molar-refractivity contribution is -0.118. The summed E-state index contributed by atoms with van der Waals surface area (Å²) in [5.74, 6) is -0.270. The topological polar surface area (TPSA) is 59.3 Å². The number of Topliss-reactive ketones (excluding diaryl/α,β-unsaturated/α-hetero) is 1. The first-order valence-corrected chi connectivity index (χ1v) is 8.04. The normalized spacial score (nSPS) is 10.8. The van der Waals surface area contributed by atoms with Gasteiger partial charge in [-0.15, -0.1) is 0 Å². The molecule has 122 valence electrons. The molecule has 0 aliphatic rings. The molecule has 0 aliphatic heterocycles. The molecule has 0 fully saturated rings. The standard InChI is InChI=1S/C19H16ClNO3/c1-2-15(22)11-13-4-3-5-16(20)18(13)19(23)21-14-6-7-17-12(10-14)8-9-24-17/h3-10H,2,11H2,1H3,(H,21,23). The molecule has 0 spiro atoms. The van der Waals surface area contributed by atoms with Crippen LogP contribution in [0.2, 0.25) is 5.02 Å². The van der Waals surface area contributed by atoms with Crippen LogP contribution in [0.15, 0.2) is 53.1 Å². The molecule has 0 bridgehead atoms. The van der Waals surface area contributed by atoms with E-state index in [0.29, 0.717) is 28.3 Å². The SMILES string of the molecule is CCC(=O)Cc1cccc(Cl)c1C(=O)Nc1ccc2occc2c1. The Hall–Kier alpha value is -2.59. The summed E-state index contributed by atoms with van der Waals surface area (Å²) in [6.07, 6.45) is 2.21. The molecule has 3 aromatic rings. The summed E-state index contributed by atoms with van der Waals surface area (Å²) >= 11 is 6.21. The summed E-state index contributed by atoms with van der Waals surface area (Å²) in [5.41, 5.74) is 2.37. The van der Waals surface area contributed by atoms with Gasteiger partial charge in [0.1, 0.15) is 11.4 Å². The number of ketones is 1. The summed E-state index contributed by atoms with van der Waals surface area (Å²) < 4.78 is 5.29. The highest BCUT2D eigenvalue weighted by molar-refractivity contribution is 6.34. The van der Waals surface area contributed by atoms with Gasteiger partial charge in [-0.2, -0.15) is 0 Å². The van der Waals surface area contributed by atoms with Crippen LogP contribution < -0.4 is 5.32 Å². The molecule has 0 aliphatic carbocycles. The van der Waals surface area contributed by atoms with E-state index in [0.717, 1.165) is 11.0 Å². The average molecular weight is 342 g/mol. The second-order valence-corrected chi connectivity index (χ2v) is 5.88. The monoisotopic (exact) mass is 341 g/mol. The molecule has 1 aromatic heterocycles. The van der Waals surface area contributed by atoms with Crippen LogP contribution in [0.3, 0.4) is 0 Å². The van der Waals surface area contributed by atoms with Crippen LogP contribution in [0, 0.1) is 0 Å². The van der Waals surface area contributed by atoms with Crippen LogP contribution in [-0.2, 0) is 11.2 Å². The number of rotatable bonds is 5. The smallest absolute Gasteiger partial charge is 0.257 e. The van der Waals surface area contributed by atoms with Gasteiger partial charge in [0, 0.05) is 23.9 Å². The lowest BCUT2D eigenvalue weighted by atomic mass is 10.0. The molecule has 0 saturated heterocycles. The first-order valence-electron chi connectivity index (χ1n) is 7.66. The van der Waals surface area contributed by atoms with E-state index in [4.69, 9.17) is 16.0 Å². The van der Waals surface area contributed by atoms with E-state index in [9.17, 15) is 9.59 Å². The maximum absolute atomic E-state index is 12.7. The van der Waals surface area contributed by atoms with Crippen molar-refractivity contribution in [2.24, 2.45) is 0 Å². The molecule has 5 heteroatoms. The molecule has 2 aromatic carbocycles. The third-order valence-electron chi connectivity index (χ3n) is 3.82. The van der Waals surface area contributed by atoms with Crippen molar-refractivity contribution in [1.29, 1.82) is 0 Å². The maximum Gasteiger partial charge on any atom is 0.257 e. The molecule has 1 heterocycles. The molecule has 24 heavy (non-hydrogen) atoms. The lowest BCUT2D eigenvalue weighted by Crippen LogP contribution is -2.16. The number of amides is 1. The fourth-order valence-corrected chi connectivity index (χ4v) is 2.83. The highest BCUT2D eigenvalue weighted by Gasteiger charge is 2.17. The summed E-state index contributed by atoms with van der Waals surface area (Å²) in [4.78, 5) is 24.4. The Bertz CT molecular complexity index is 914. The predicted molar refractivity (Wildman–Crippen MR) is 94.6 cm³/mol. The Balaban J connectivity index is 1.90. The van der Waals surface area contributed by atoms with Crippen LogP contribution in [0.5, 0.6) is 0 Å². The number of furan rings is 1. The van der Waals surface area contributed by atoms with Gasteiger partial charge in [0.15, 0.2) is 0 Å². The Labute approximate surface area is 144 Å². The first-order chi connectivity index (χ1) is 11.6. The summed E-state index contributed by atoms with van der Waals surface area (Å²) in [6, 6.07) is 12.4. The molecule has 3 rings (SSSR count). The van der Waals surface area contributed by atoms with Crippen molar-refractivity contribution in [3.8, 4) is 0 Å². The number of nitrogens with one attached hydrogen (secondary N) is 1. The van der Waals surface area contributed by atoms with Crippen molar-refractivity contribution in [2.75, 3.05) is 5.32 Å². The van der Waals surface area contributed by atoms with Crippen LogP contribution in [0.25, 0.3) is 11.0 Å². The van der Waals surface area contributed by atoms with E-state index in [2.05, 4.69) is 5.32 Å². The second kappa shape index (κ2) is 6.89. The molecular formula is C19H16ClNO3. The Morgan fingerprint density at radius 1 is 1.17 bits per heavy atom. The van der Waals surface area contributed by atoms with E-state index in [1.807, 2.05) is 12.1 Å². The Morgan fingerprint density at radius 2 is 2.00 bits per heavy atom. The molecular weight excluding hydrogens is 326 g/mol. The van der Waals surface area contributed by atoms with Gasteiger partial charge < -0.3 is 9.73 Å². The summed E-state index contributed by atoms with van der Waals surface area (Å²) in [6.45, 7) is 1.80. The summed E-state index contributed by atoms with van der Waals surface area (Å²) in [7, 11) is 0. The zero-order valence-corrected chi connectivity index (χ0v) is 13.9. The minimum Gasteiger partial charge on any atom is -0.464 e. The zero-order chi connectivity index (χ0) is 17.1. The number of carbonyl (C=O) groups excluding carboxylic acids is 2. The minimum absolute atomic E-state index is 0.0612. The van der Waals surface area contributed by atoms with Crippen molar-refractivity contribution in [1.82, 2.24) is 0 Å². The van der Waals surface area contributed by atoms with Crippen LogP contribution in [0.4, 0.5) is 5.69 Å². The van der Waals surface area contributed by atoms with E-state index < -0.39 is 0 Å². The van der Waals surface area contributed by atoms with Crippen molar-refractivity contribution in [3.05, 3.63) is 64.9 Å². The number of fused-ring (bicyclic) bond motifs is 1. The van der Waals surface area contributed by atoms with Gasteiger partial charge in [-0.25, -0.2) is 0 Å². The number of carbonyl (C=O) groups is 2. The third-order valence-corrected chi connectivity index (χ3v) is 4.13. The lowest BCUT2D eigenvalue weighted by Gasteiger charge is -2.11. The number of hydrogen-bond donors (Lipinski definition) is 1. The minimum atomic E-state index is -0.331. The summed E-state index contributed by atoms with van der Waals surface area (Å²) in [5, 5.41) is 4.06. The van der Waals surface area contributed by atoms with Crippen molar-refractivity contribution < 1.29 is 14.0 Å². The van der Waals surface area contributed by atoms with Crippen LogP contribution in [-0.4, -0.2) is 11.7 Å². The van der Waals surface area contributed by atoms with Gasteiger partial charge in [0.2, 0.25) is 0 Å². The van der Waals surface area contributed by atoms with Gasteiger partial charge in [0.05, 0.1) is 16.8 Å². The van der Waals surface area contributed by atoms with Crippen molar-refractivity contribution in [3.63, 3.8) is 0 Å². The van der Waals surface area contributed by atoms with E-state index in [-0.39, 0.29) is 18.1 Å². The number of anilines is 1. The fraction of sp³-hybridized carbons (Fsp3) is 0.158. The zero-order valence-electron chi connectivity index (χ0n) is 13.1. The van der Waals surface area contributed by atoms with E-state index >= 15 is 0 Å². The third kappa shape index (κ3) is 3.34. The second-order valence-electron chi connectivity index (χ2n) is 5.47. The van der Waals surface area contributed by atoms with Crippen LogP contribution in [0.1, 0.15) is 29.3 Å². The Morgan fingerprint density at radius 3 is 2.79 bits per heavy atom. The molecule has 0 unspecified atom stereocenters. The average Bonchev–Trinajstić information content (AvgIpc) is 3.02. The fourth-order valence-electron chi connectivity index (χ4n) is 2.55. The molecule has 1 amide bonds. The van der Waals surface area contributed by atoms with Gasteiger partial charge in [-0.05, 0) is 35.9 Å². The highest BCUT2D eigenvalue weighted by Crippen LogP contribution is 2.24. The largest absolute Gasteiger partial charge is 0.464 e. The highest BCUT2D eigenvalue weighted by atomic mass is 35.5. The Kier molecular flexibility index (Phi) is 4.67. The first kappa shape index (κ1) is 16.3. The van der Waals surface area contributed by atoms with Crippen LogP contribution >= 0.6 is 11.6 Å². The number of benzene rings is 2. The van der Waals surface area contributed by atoms with Crippen molar-refractivity contribution >= 4 is 39.9 Å². The molecule has 4 nitrogen and oxygen atoms in total. The predicted octanol–water partition coefficient (Wildman–Crippen LogP) is 4.86.